The van der Waals surface area contributed by atoms with Crippen molar-refractivity contribution < 1.29 is 24.1 Å². The minimum Gasteiger partial charge on any atom is -0.497 e. The monoisotopic (exact) mass is 418 g/mol. The van der Waals surface area contributed by atoms with E-state index in [0.29, 0.717) is 24.5 Å². The van der Waals surface area contributed by atoms with E-state index < -0.39 is 11.9 Å². The highest BCUT2D eigenvalue weighted by molar-refractivity contribution is 5.74. The molecule has 0 bridgehead atoms. The van der Waals surface area contributed by atoms with Crippen LogP contribution >= 0.6 is 0 Å². The van der Waals surface area contributed by atoms with Crippen molar-refractivity contribution in [2.75, 3.05) is 7.11 Å². The molecule has 1 saturated carbocycles. The Morgan fingerprint density at radius 1 is 0.968 bits per heavy atom. The molecule has 3 aromatic rings. The number of ether oxygens (including phenoxy) is 3. The lowest BCUT2D eigenvalue weighted by Gasteiger charge is -2.14. The van der Waals surface area contributed by atoms with Crippen molar-refractivity contribution in [3.63, 3.8) is 0 Å². The van der Waals surface area contributed by atoms with Crippen LogP contribution in [-0.2, 0) is 11.4 Å². The van der Waals surface area contributed by atoms with Gasteiger partial charge in [0.1, 0.15) is 30.0 Å². The molecule has 0 aliphatic heterocycles. The summed E-state index contributed by atoms with van der Waals surface area (Å²) in [6.45, 7) is 4.61. The maximum Gasteiger partial charge on any atom is 0.310 e. The number of carboxylic acid groups (broad SMARTS) is 1. The van der Waals surface area contributed by atoms with E-state index in [-0.39, 0.29) is 6.10 Å². The molecular weight excluding hydrogens is 392 g/mol. The van der Waals surface area contributed by atoms with E-state index >= 15 is 0 Å². The summed E-state index contributed by atoms with van der Waals surface area (Å²) in [4.78, 5) is 11.0. The molecule has 1 aliphatic rings. The Morgan fingerprint density at radius 2 is 1.68 bits per heavy atom. The number of rotatable bonds is 8. The maximum absolute atomic E-state index is 11.0. The molecule has 1 N–H and O–H groups in total. The number of aryl methyl sites for hydroxylation is 2. The Hall–Kier alpha value is -3.47. The van der Waals surface area contributed by atoms with Gasteiger partial charge in [0.2, 0.25) is 0 Å². The second-order valence-electron chi connectivity index (χ2n) is 7.94. The van der Waals surface area contributed by atoms with Crippen LogP contribution < -0.4 is 14.2 Å². The minimum atomic E-state index is -0.806. The van der Waals surface area contributed by atoms with Crippen molar-refractivity contribution in [3.8, 4) is 28.4 Å². The molecule has 1 unspecified atom stereocenters. The zero-order valence-corrected chi connectivity index (χ0v) is 17.9. The smallest absolute Gasteiger partial charge is 0.310 e. The van der Waals surface area contributed by atoms with E-state index in [0.717, 1.165) is 16.9 Å². The third kappa shape index (κ3) is 4.82. The molecule has 0 aromatic heterocycles. The Bertz CT molecular complexity index is 1080. The third-order valence-electron chi connectivity index (χ3n) is 5.51. The molecule has 31 heavy (non-hydrogen) atoms. The van der Waals surface area contributed by atoms with Crippen molar-refractivity contribution >= 4 is 5.97 Å². The predicted octanol–water partition coefficient (Wildman–Crippen LogP) is 5.41. The van der Waals surface area contributed by atoms with Gasteiger partial charge in [0.25, 0.3) is 0 Å². The van der Waals surface area contributed by atoms with Crippen LogP contribution in [0, 0.1) is 19.8 Å². The van der Waals surface area contributed by atoms with Crippen LogP contribution in [0.1, 0.15) is 23.1 Å². The molecule has 3 aromatic carbocycles. The van der Waals surface area contributed by atoms with Gasteiger partial charge in [-0.15, -0.1) is 0 Å². The largest absolute Gasteiger partial charge is 0.497 e. The first-order valence-corrected chi connectivity index (χ1v) is 10.3. The SMILES string of the molecule is COc1cc(C)c(-c2cccc(COc3cccc(O[C@@H]4CC4C(=O)O)c3)c2)c(C)c1. The zero-order chi connectivity index (χ0) is 22.0. The Morgan fingerprint density at radius 3 is 2.35 bits per heavy atom. The number of hydrogen-bond donors (Lipinski definition) is 1. The first kappa shape index (κ1) is 20.8. The molecule has 0 heterocycles. The molecule has 2 atom stereocenters. The van der Waals surface area contributed by atoms with E-state index in [2.05, 4.69) is 26.0 Å². The Labute approximate surface area is 182 Å². The summed E-state index contributed by atoms with van der Waals surface area (Å²) >= 11 is 0. The second-order valence-corrected chi connectivity index (χ2v) is 7.94. The summed E-state index contributed by atoms with van der Waals surface area (Å²) in [5.41, 5.74) is 5.74. The standard InChI is InChI=1S/C26H26O5/c1-16-10-22(29-3)11-17(2)25(16)19-7-4-6-18(12-19)15-30-20-8-5-9-21(13-20)31-24-14-23(24)26(27)28/h4-13,23-24H,14-15H2,1-3H3,(H,27,28)/t23?,24-/m1/s1. The molecule has 1 aliphatic carbocycles. The predicted molar refractivity (Wildman–Crippen MR) is 119 cm³/mol. The Balaban J connectivity index is 1.45. The van der Waals surface area contributed by atoms with Crippen LogP contribution in [0.4, 0.5) is 0 Å². The highest BCUT2D eigenvalue weighted by atomic mass is 16.5. The molecule has 160 valence electrons. The minimum absolute atomic E-state index is 0.250. The quantitative estimate of drug-likeness (QED) is 0.530. The summed E-state index contributed by atoms with van der Waals surface area (Å²) in [7, 11) is 1.68. The van der Waals surface area contributed by atoms with Crippen molar-refractivity contribution in [1.29, 1.82) is 0 Å². The van der Waals surface area contributed by atoms with Gasteiger partial charge in [0, 0.05) is 12.5 Å². The van der Waals surface area contributed by atoms with E-state index in [1.165, 1.54) is 16.7 Å². The highest BCUT2D eigenvalue weighted by Crippen LogP contribution is 2.36. The first-order chi connectivity index (χ1) is 14.9. The van der Waals surface area contributed by atoms with E-state index in [1.807, 2.05) is 42.5 Å². The Kier molecular flexibility index (Phi) is 5.85. The number of aliphatic carboxylic acids is 1. The fourth-order valence-electron chi connectivity index (χ4n) is 3.85. The average molecular weight is 418 g/mol. The molecule has 4 rings (SSSR count). The summed E-state index contributed by atoms with van der Waals surface area (Å²) in [6, 6.07) is 19.8. The summed E-state index contributed by atoms with van der Waals surface area (Å²) < 4.78 is 17.1. The molecule has 5 nitrogen and oxygen atoms in total. The van der Waals surface area contributed by atoms with E-state index in [1.54, 1.807) is 13.2 Å². The van der Waals surface area contributed by atoms with E-state index in [9.17, 15) is 4.79 Å². The van der Waals surface area contributed by atoms with Gasteiger partial charge in [-0.2, -0.15) is 0 Å². The lowest BCUT2D eigenvalue weighted by molar-refractivity contribution is -0.139. The van der Waals surface area contributed by atoms with Gasteiger partial charge in [-0.05, 0) is 72.0 Å². The molecule has 5 heteroatoms. The van der Waals surface area contributed by atoms with Crippen LogP contribution in [0.3, 0.4) is 0 Å². The molecule has 0 amide bonds. The van der Waals surface area contributed by atoms with Crippen LogP contribution in [0.25, 0.3) is 11.1 Å². The van der Waals surface area contributed by atoms with Gasteiger partial charge in [-0.25, -0.2) is 0 Å². The van der Waals surface area contributed by atoms with Crippen LogP contribution in [-0.4, -0.2) is 24.3 Å². The molecule has 0 radical (unpaired) electrons. The van der Waals surface area contributed by atoms with Gasteiger partial charge in [0.15, 0.2) is 0 Å². The number of hydrogen-bond acceptors (Lipinski definition) is 4. The molecule has 1 fully saturated rings. The van der Waals surface area contributed by atoms with Crippen molar-refractivity contribution in [2.24, 2.45) is 5.92 Å². The van der Waals surface area contributed by atoms with Gasteiger partial charge in [-0.1, -0.05) is 24.3 Å². The summed E-state index contributed by atoms with van der Waals surface area (Å²) in [6.07, 6.45) is 0.303. The zero-order valence-electron chi connectivity index (χ0n) is 17.9. The number of carboxylic acids is 1. The second kappa shape index (κ2) is 8.72. The van der Waals surface area contributed by atoms with Crippen LogP contribution in [0.15, 0.2) is 60.7 Å². The molecule has 0 saturated heterocycles. The number of benzene rings is 3. The summed E-state index contributed by atoms with van der Waals surface area (Å²) in [5, 5.41) is 9.02. The maximum atomic E-state index is 11.0. The average Bonchev–Trinajstić information content (AvgIpc) is 3.52. The lowest BCUT2D eigenvalue weighted by atomic mass is 9.94. The summed E-state index contributed by atoms with van der Waals surface area (Å²) in [5.74, 6) is 0.967. The lowest BCUT2D eigenvalue weighted by Crippen LogP contribution is -2.07. The molecular formula is C26H26O5. The number of methoxy groups -OCH3 is 1. The van der Waals surface area contributed by atoms with Crippen LogP contribution in [0.2, 0.25) is 0 Å². The van der Waals surface area contributed by atoms with Gasteiger partial charge in [0.05, 0.1) is 13.0 Å². The van der Waals surface area contributed by atoms with Crippen molar-refractivity contribution in [1.82, 2.24) is 0 Å². The third-order valence-corrected chi connectivity index (χ3v) is 5.51. The van der Waals surface area contributed by atoms with Gasteiger partial charge < -0.3 is 19.3 Å². The van der Waals surface area contributed by atoms with Gasteiger partial charge in [-0.3, -0.25) is 4.79 Å². The fraction of sp³-hybridized carbons (Fsp3) is 0.269. The number of carbonyl (C=O) groups is 1. The fourth-order valence-corrected chi connectivity index (χ4v) is 3.85. The van der Waals surface area contributed by atoms with Crippen molar-refractivity contribution in [3.05, 3.63) is 77.4 Å². The topological polar surface area (TPSA) is 65.0 Å². The first-order valence-electron chi connectivity index (χ1n) is 10.3. The van der Waals surface area contributed by atoms with Crippen molar-refractivity contribution in [2.45, 2.75) is 33.0 Å². The molecule has 0 spiro atoms. The van der Waals surface area contributed by atoms with Crippen LogP contribution in [0.5, 0.6) is 17.2 Å². The highest BCUT2D eigenvalue weighted by Gasteiger charge is 2.45. The normalized spacial score (nSPS) is 17.1. The van der Waals surface area contributed by atoms with E-state index in [4.69, 9.17) is 19.3 Å². The van der Waals surface area contributed by atoms with Gasteiger partial charge >= 0.3 is 5.97 Å².